The molecular weight excluding hydrogens is 236 g/mol. The van der Waals surface area contributed by atoms with Crippen LogP contribution in [0, 0.1) is 5.82 Å². The number of alkyl halides is 1. The summed E-state index contributed by atoms with van der Waals surface area (Å²) in [5.74, 6) is -0.235. The standard InChI is InChI=1S/C13H15F2N3/c14-5-7-18-6-4-13(17-18)10-16-9-11-2-1-3-12(15)8-11/h1-4,6,8,16H,5,7,9-10H2. The molecule has 0 unspecified atom stereocenters. The van der Waals surface area contributed by atoms with E-state index >= 15 is 0 Å². The van der Waals surface area contributed by atoms with Crippen LogP contribution in [0.1, 0.15) is 11.3 Å². The molecule has 1 N–H and O–H groups in total. The van der Waals surface area contributed by atoms with E-state index in [1.54, 1.807) is 16.9 Å². The Morgan fingerprint density at radius 3 is 2.89 bits per heavy atom. The van der Waals surface area contributed by atoms with Crippen LogP contribution in [-0.4, -0.2) is 16.5 Å². The van der Waals surface area contributed by atoms with Gasteiger partial charge in [0, 0.05) is 19.3 Å². The zero-order valence-corrected chi connectivity index (χ0v) is 9.94. The van der Waals surface area contributed by atoms with Crippen LogP contribution in [0.15, 0.2) is 36.5 Å². The van der Waals surface area contributed by atoms with Gasteiger partial charge in [-0.05, 0) is 23.8 Å². The molecule has 0 aliphatic carbocycles. The predicted molar refractivity (Wildman–Crippen MR) is 65.1 cm³/mol. The van der Waals surface area contributed by atoms with Gasteiger partial charge in [0.15, 0.2) is 0 Å². The Bertz CT molecular complexity index is 496. The normalized spacial score (nSPS) is 10.8. The molecule has 0 radical (unpaired) electrons. The van der Waals surface area contributed by atoms with Gasteiger partial charge in [-0.25, -0.2) is 8.78 Å². The number of aromatic nitrogens is 2. The second-order valence-electron chi connectivity index (χ2n) is 3.99. The molecule has 0 fully saturated rings. The van der Waals surface area contributed by atoms with Crippen LogP contribution in [0.3, 0.4) is 0 Å². The minimum absolute atomic E-state index is 0.235. The van der Waals surface area contributed by atoms with Crippen molar-refractivity contribution in [3.05, 3.63) is 53.6 Å². The van der Waals surface area contributed by atoms with E-state index in [1.165, 1.54) is 12.1 Å². The van der Waals surface area contributed by atoms with Gasteiger partial charge in [-0.2, -0.15) is 5.10 Å². The van der Waals surface area contributed by atoms with E-state index in [0.29, 0.717) is 13.1 Å². The molecule has 5 heteroatoms. The predicted octanol–water partition coefficient (Wildman–Crippen LogP) is 2.28. The Labute approximate surface area is 104 Å². The lowest BCUT2D eigenvalue weighted by molar-refractivity contribution is 0.425. The Balaban J connectivity index is 1.81. The molecule has 0 aliphatic rings. The van der Waals surface area contributed by atoms with Gasteiger partial charge in [0.05, 0.1) is 12.2 Å². The molecule has 18 heavy (non-hydrogen) atoms. The van der Waals surface area contributed by atoms with Crippen LogP contribution in [0.25, 0.3) is 0 Å². The first-order chi connectivity index (χ1) is 8.78. The number of rotatable bonds is 6. The molecular formula is C13H15F2N3. The molecule has 0 atom stereocenters. The maximum Gasteiger partial charge on any atom is 0.123 e. The fourth-order valence-electron chi connectivity index (χ4n) is 1.69. The number of aryl methyl sites for hydroxylation is 1. The van der Waals surface area contributed by atoms with E-state index in [1.807, 2.05) is 12.1 Å². The highest BCUT2D eigenvalue weighted by atomic mass is 19.1. The second kappa shape index (κ2) is 6.26. The number of nitrogens with zero attached hydrogens (tertiary/aromatic N) is 2. The lowest BCUT2D eigenvalue weighted by Crippen LogP contribution is -2.13. The smallest absolute Gasteiger partial charge is 0.123 e. The molecule has 0 saturated carbocycles. The van der Waals surface area contributed by atoms with Crippen LogP contribution < -0.4 is 5.32 Å². The Hall–Kier alpha value is -1.75. The van der Waals surface area contributed by atoms with Crippen LogP contribution in [-0.2, 0) is 19.6 Å². The summed E-state index contributed by atoms with van der Waals surface area (Å²) in [6.07, 6.45) is 1.75. The molecule has 0 amide bonds. The summed E-state index contributed by atoms with van der Waals surface area (Å²) >= 11 is 0. The number of hydrogen-bond donors (Lipinski definition) is 1. The van der Waals surface area contributed by atoms with Crippen LogP contribution in [0.4, 0.5) is 8.78 Å². The van der Waals surface area contributed by atoms with Gasteiger partial charge >= 0.3 is 0 Å². The summed E-state index contributed by atoms with van der Waals surface area (Å²) in [6, 6.07) is 8.30. The van der Waals surface area contributed by atoms with E-state index in [4.69, 9.17) is 0 Å². The lowest BCUT2D eigenvalue weighted by Gasteiger charge is -2.03. The number of nitrogens with one attached hydrogen (secondary N) is 1. The van der Waals surface area contributed by atoms with Gasteiger partial charge in [-0.3, -0.25) is 4.68 Å². The first-order valence-corrected chi connectivity index (χ1v) is 5.81. The number of hydrogen-bond acceptors (Lipinski definition) is 2. The van der Waals surface area contributed by atoms with Crippen molar-refractivity contribution in [2.45, 2.75) is 19.6 Å². The number of halogens is 2. The van der Waals surface area contributed by atoms with E-state index in [9.17, 15) is 8.78 Å². The maximum absolute atomic E-state index is 12.9. The van der Waals surface area contributed by atoms with Crippen LogP contribution >= 0.6 is 0 Å². The third-order valence-electron chi connectivity index (χ3n) is 2.53. The van der Waals surface area contributed by atoms with E-state index in [-0.39, 0.29) is 12.4 Å². The van der Waals surface area contributed by atoms with E-state index in [2.05, 4.69) is 10.4 Å². The molecule has 1 aromatic carbocycles. The third-order valence-corrected chi connectivity index (χ3v) is 2.53. The van der Waals surface area contributed by atoms with Gasteiger partial charge in [0.25, 0.3) is 0 Å². The van der Waals surface area contributed by atoms with Gasteiger partial charge in [-0.15, -0.1) is 0 Å². The van der Waals surface area contributed by atoms with Crippen LogP contribution in [0.5, 0.6) is 0 Å². The first kappa shape index (κ1) is 12.7. The molecule has 0 bridgehead atoms. The molecule has 96 valence electrons. The van der Waals surface area contributed by atoms with Crippen molar-refractivity contribution in [1.82, 2.24) is 15.1 Å². The highest BCUT2D eigenvalue weighted by Crippen LogP contribution is 2.03. The van der Waals surface area contributed by atoms with Gasteiger partial charge in [0.1, 0.15) is 12.5 Å². The van der Waals surface area contributed by atoms with Gasteiger partial charge < -0.3 is 5.32 Å². The summed E-state index contributed by atoms with van der Waals surface area (Å²) in [6.45, 7) is 1.02. The van der Waals surface area contributed by atoms with Crippen molar-refractivity contribution in [2.75, 3.05) is 6.67 Å². The highest BCUT2D eigenvalue weighted by Gasteiger charge is 1.99. The van der Waals surface area contributed by atoms with Crippen molar-refractivity contribution in [2.24, 2.45) is 0 Å². The maximum atomic E-state index is 12.9. The topological polar surface area (TPSA) is 29.9 Å². The summed E-state index contributed by atoms with van der Waals surface area (Å²) in [5, 5.41) is 7.35. The quantitative estimate of drug-likeness (QED) is 0.853. The zero-order valence-electron chi connectivity index (χ0n) is 9.94. The van der Waals surface area contributed by atoms with Crippen molar-refractivity contribution in [3.63, 3.8) is 0 Å². The number of benzene rings is 1. The molecule has 1 heterocycles. The Morgan fingerprint density at radius 1 is 1.22 bits per heavy atom. The average Bonchev–Trinajstić information content (AvgIpc) is 2.78. The van der Waals surface area contributed by atoms with Gasteiger partial charge in [-0.1, -0.05) is 12.1 Å². The summed E-state index contributed by atoms with van der Waals surface area (Å²) in [5.41, 5.74) is 1.73. The average molecular weight is 251 g/mol. The Morgan fingerprint density at radius 2 is 2.11 bits per heavy atom. The summed E-state index contributed by atoms with van der Waals surface area (Å²) in [7, 11) is 0. The largest absolute Gasteiger partial charge is 0.307 e. The molecule has 0 saturated heterocycles. The minimum atomic E-state index is -0.419. The monoisotopic (exact) mass is 251 g/mol. The van der Waals surface area contributed by atoms with Crippen molar-refractivity contribution in [1.29, 1.82) is 0 Å². The first-order valence-electron chi connectivity index (χ1n) is 5.81. The fraction of sp³-hybridized carbons (Fsp3) is 0.308. The van der Waals surface area contributed by atoms with Crippen molar-refractivity contribution < 1.29 is 8.78 Å². The lowest BCUT2D eigenvalue weighted by atomic mass is 10.2. The molecule has 0 spiro atoms. The second-order valence-corrected chi connectivity index (χ2v) is 3.99. The van der Waals surface area contributed by atoms with Gasteiger partial charge in [0.2, 0.25) is 0 Å². The Kier molecular flexibility index (Phi) is 4.41. The molecule has 2 aromatic rings. The summed E-state index contributed by atoms with van der Waals surface area (Å²) < 4.78 is 26.6. The highest BCUT2D eigenvalue weighted by molar-refractivity contribution is 5.16. The third kappa shape index (κ3) is 3.63. The molecule has 0 aliphatic heterocycles. The SMILES string of the molecule is FCCn1ccc(CNCc2cccc(F)c2)n1. The minimum Gasteiger partial charge on any atom is -0.307 e. The summed E-state index contributed by atoms with van der Waals surface area (Å²) in [4.78, 5) is 0. The molecule has 3 nitrogen and oxygen atoms in total. The fourth-order valence-corrected chi connectivity index (χ4v) is 1.69. The van der Waals surface area contributed by atoms with E-state index in [0.717, 1.165) is 11.3 Å². The van der Waals surface area contributed by atoms with E-state index < -0.39 is 6.67 Å². The van der Waals surface area contributed by atoms with Crippen molar-refractivity contribution in [3.8, 4) is 0 Å². The molecule has 2 rings (SSSR count). The van der Waals surface area contributed by atoms with Crippen molar-refractivity contribution >= 4 is 0 Å². The van der Waals surface area contributed by atoms with Crippen LogP contribution in [0.2, 0.25) is 0 Å². The zero-order chi connectivity index (χ0) is 12.8. The molecule has 1 aromatic heterocycles.